The van der Waals surface area contributed by atoms with Crippen molar-refractivity contribution in [2.45, 2.75) is 25.4 Å². The van der Waals surface area contributed by atoms with Crippen LogP contribution in [-0.2, 0) is 6.42 Å². The van der Waals surface area contributed by atoms with Crippen LogP contribution < -0.4 is 10.6 Å². The Bertz CT molecular complexity index is 534. The molecule has 1 aliphatic heterocycles. The molecule has 1 heterocycles. The maximum absolute atomic E-state index is 6.16. The number of benzene rings is 2. The van der Waals surface area contributed by atoms with E-state index in [1.807, 2.05) is 6.07 Å². The van der Waals surface area contributed by atoms with E-state index < -0.39 is 0 Å². The molecule has 2 unspecified atom stereocenters. The lowest BCUT2D eigenvalue weighted by molar-refractivity contribution is 0.570. The van der Waals surface area contributed by atoms with Crippen LogP contribution in [0.1, 0.15) is 12.5 Å². The standard InChI is InChI=1S/C16H18N2/c1-12(17)16-11-13-7-5-6-10-15(13)18(16)14-8-3-2-4-9-14/h2-10,12,16H,11,17H2,1H3. The van der Waals surface area contributed by atoms with E-state index in [-0.39, 0.29) is 6.04 Å². The predicted octanol–water partition coefficient (Wildman–Crippen LogP) is 3.10. The minimum atomic E-state index is 0.151. The summed E-state index contributed by atoms with van der Waals surface area (Å²) in [6.07, 6.45) is 1.03. The number of fused-ring (bicyclic) bond motifs is 1. The molecule has 2 atom stereocenters. The van der Waals surface area contributed by atoms with E-state index in [1.165, 1.54) is 16.9 Å². The Morgan fingerprint density at radius 2 is 1.72 bits per heavy atom. The second-order valence-corrected chi connectivity index (χ2v) is 4.96. The fraction of sp³-hybridized carbons (Fsp3) is 0.250. The smallest absolute Gasteiger partial charge is 0.0531 e. The molecule has 0 saturated heterocycles. The fourth-order valence-corrected chi connectivity index (χ4v) is 2.75. The minimum Gasteiger partial charge on any atom is -0.336 e. The number of nitrogens with zero attached hydrogens (tertiary/aromatic N) is 1. The molecular weight excluding hydrogens is 220 g/mol. The van der Waals surface area contributed by atoms with Gasteiger partial charge in [-0.2, -0.15) is 0 Å². The zero-order valence-corrected chi connectivity index (χ0v) is 10.6. The summed E-state index contributed by atoms with van der Waals surface area (Å²) < 4.78 is 0. The van der Waals surface area contributed by atoms with Crippen molar-refractivity contribution < 1.29 is 0 Å². The summed E-state index contributed by atoms with van der Waals surface area (Å²) in [6, 6.07) is 19.6. The third-order valence-electron chi connectivity index (χ3n) is 3.65. The average molecular weight is 238 g/mol. The van der Waals surface area contributed by atoms with Crippen LogP contribution >= 0.6 is 0 Å². The highest BCUT2D eigenvalue weighted by Crippen LogP contribution is 2.38. The Balaban J connectivity index is 2.09. The lowest BCUT2D eigenvalue weighted by Crippen LogP contribution is -2.42. The van der Waals surface area contributed by atoms with E-state index in [9.17, 15) is 0 Å². The van der Waals surface area contributed by atoms with E-state index in [0.29, 0.717) is 6.04 Å². The molecule has 0 saturated carbocycles. The maximum Gasteiger partial charge on any atom is 0.0531 e. The van der Waals surface area contributed by atoms with Gasteiger partial charge >= 0.3 is 0 Å². The van der Waals surface area contributed by atoms with Crippen molar-refractivity contribution >= 4 is 11.4 Å². The Hall–Kier alpha value is -1.80. The molecule has 92 valence electrons. The molecule has 2 nitrogen and oxygen atoms in total. The van der Waals surface area contributed by atoms with Crippen LogP contribution in [0.3, 0.4) is 0 Å². The van der Waals surface area contributed by atoms with E-state index in [2.05, 4.69) is 60.4 Å². The van der Waals surface area contributed by atoms with E-state index >= 15 is 0 Å². The van der Waals surface area contributed by atoms with Gasteiger partial charge in [-0.05, 0) is 37.1 Å². The van der Waals surface area contributed by atoms with Crippen LogP contribution in [0, 0.1) is 0 Å². The molecule has 2 heteroatoms. The van der Waals surface area contributed by atoms with Crippen molar-refractivity contribution in [3.05, 3.63) is 60.2 Å². The Labute approximate surface area is 108 Å². The molecule has 18 heavy (non-hydrogen) atoms. The van der Waals surface area contributed by atoms with Crippen molar-refractivity contribution in [3.63, 3.8) is 0 Å². The van der Waals surface area contributed by atoms with Crippen LogP contribution in [0.25, 0.3) is 0 Å². The monoisotopic (exact) mass is 238 g/mol. The molecule has 2 N–H and O–H groups in total. The van der Waals surface area contributed by atoms with Crippen LogP contribution in [-0.4, -0.2) is 12.1 Å². The number of nitrogens with two attached hydrogens (primary N) is 1. The summed E-state index contributed by atoms with van der Waals surface area (Å²) in [5.74, 6) is 0. The van der Waals surface area contributed by atoms with Crippen molar-refractivity contribution in [2.24, 2.45) is 5.73 Å². The highest BCUT2D eigenvalue weighted by Gasteiger charge is 2.32. The zero-order chi connectivity index (χ0) is 12.5. The molecule has 0 fully saturated rings. The second-order valence-electron chi connectivity index (χ2n) is 4.96. The summed E-state index contributed by atoms with van der Waals surface area (Å²) in [5.41, 5.74) is 10.1. The van der Waals surface area contributed by atoms with Crippen molar-refractivity contribution in [1.82, 2.24) is 0 Å². The molecule has 0 radical (unpaired) electrons. The Morgan fingerprint density at radius 1 is 1.06 bits per heavy atom. The van der Waals surface area contributed by atoms with Crippen LogP contribution in [0.5, 0.6) is 0 Å². The third-order valence-corrected chi connectivity index (χ3v) is 3.65. The Morgan fingerprint density at radius 3 is 2.44 bits per heavy atom. The van der Waals surface area contributed by atoms with E-state index in [4.69, 9.17) is 5.73 Å². The Kier molecular flexibility index (Phi) is 2.80. The van der Waals surface area contributed by atoms with E-state index in [1.54, 1.807) is 0 Å². The van der Waals surface area contributed by atoms with Crippen molar-refractivity contribution in [2.75, 3.05) is 4.90 Å². The minimum absolute atomic E-state index is 0.151. The number of para-hydroxylation sites is 2. The average Bonchev–Trinajstić information content (AvgIpc) is 2.79. The van der Waals surface area contributed by atoms with Gasteiger partial charge in [0, 0.05) is 17.4 Å². The van der Waals surface area contributed by atoms with Crippen LogP contribution in [0.4, 0.5) is 11.4 Å². The summed E-state index contributed by atoms with van der Waals surface area (Å²) in [5, 5.41) is 0. The number of rotatable bonds is 2. The van der Waals surface area contributed by atoms with Crippen LogP contribution in [0.2, 0.25) is 0 Å². The predicted molar refractivity (Wildman–Crippen MR) is 76.2 cm³/mol. The van der Waals surface area contributed by atoms with Gasteiger partial charge in [-0.15, -0.1) is 0 Å². The largest absolute Gasteiger partial charge is 0.336 e. The summed E-state index contributed by atoms with van der Waals surface area (Å²) in [4.78, 5) is 2.38. The quantitative estimate of drug-likeness (QED) is 0.871. The number of hydrogen-bond acceptors (Lipinski definition) is 2. The first-order valence-electron chi connectivity index (χ1n) is 6.45. The molecule has 0 aliphatic carbocycles. The second kappa shape index (κ2) is 4.46. The van der Waals surface area contributed by atoms with Gasteiger partial charge in [0.1, 0.15) is 0 Å². The zero-order valence-electron chi connectivity index (χ0n) is 10.6. The SMILES string of the molecule is CC(N)C1Cc2ccccc2N1c1ccccc1. The van der Waals surface area contributed by atoms with Gasteiger partial charge in [-0.1, -0.05) is 36.4 Å². The summed E-state index contributed by atoms with van der Waals surface area (Å²) >= 11 is 0. The van der Waals surface area contributed by atoms with Gasteiger partial charge in [0.2, 0.25) is 0 Å². The first-order valence-corrected chi connectivity index (χ1v) is 6.45. The van der Waals surface area contributed by atoms with Gasteiger partial charge < -0.3 is 10.6 Å². The summed E-state index contributed by atoms with van der Waals surface area (Å²) in [6.45, 7) is 2.09. The summed E-state index contributed by atoms with van der Waals surface area (Å²) in [7, 11) is 0. The third kappa shape index (κ3) is 1.79. The normalized spacial score (nSPS) is 19.7. The lowest BCUT2D eigenvalue weighted by Gasteiger charge is -2.30. The molecule has 0 bridgehead atoms. The number of hydrogen-bond donors (Lipinski definition) is 1. The maximum atomic E-state index is 6.16. The molecule has 0 spiro atoms. The molecule has 2 aromatic carbocycles. The first kappa shape index (κ1) is 11.3. The fourth-order valence-electron chi connectivity index (χ4n) is 2.75. The molecule has 3 rings (SSSR count). The van der Waals surface area contributed by atoms with Crippen molar-refractivity contribution in [1.29, 1.82) is 0 Å². The number of anilines is 2. The first-order chi connectivity index (χ1) is 8.77. The molecular formula is C16H18N2. The highest BCUT2D eigenvalue weighted by molar-refractivity contribution is 5.71. The van der Waals surface area contributed by atoms with Gasteiger partial charge in [0.05, 0.1) is 6.04 Å². The van der Waals surface area contributed by atoms with Crippen LogP contribution in [0.15, 0.2) is 54.6 Å². The van der Waals surface area contributed by atoms with Gasteiger partial charge in [0.15, 0.2) is 0 Å². The van der Waals surface area contributed by atoms with Gasteiger partial charge in [-0.3, -0.25) is 0 Å². The van der Waals surface area contributed by atoms with Gasteiger partial charge in [-0.25, -0.2) is 0 Å². The lowest BCUT2D eigenvalue weighted by atomic mass is 10.1. The van der Waals surface area contributed by atoms with Gasteiger partial charge in [0.25, 0.3) is 0 Å². The molecule has 0 aromatic heterocycles. The molecule has 1 aliphatic rings. The van der Waals surface area contributed by atoms with E-state index in [0.717, 1.165) is 6.42 Å². The topological polar surface area (TPSA) is 29.3 Å². The molecule has 0 amide bonds. The molecule has 2 aromatic rings. The van der Waals surface area contributed by atoms with Crippen molar-refractivity contribution in [3.8, 4) is 0 Å². The highest BCUT2D eigenvalue weighted by atomic mass is 15.2.